The molecule has 0 unspecified atom stereocenters. The van der Waals surface area contributed by atoms with E-state index in [1.807, 2.05) is 41.1 Å². The summed E-state index contributed by atoms with van der Waals surface area (Å²) in [6.45, 7) is 0.712. The average Bonchev–Trinajstić information content (AvgIpc) is 2.76. The third-order valence-corrected chi connectivity index (χ3v) is 2.49. The van der Waals surface area contributed by atoms with Gasteiger partial charge in [0.25, 0.3) is 0 Å². The van der Waals surface area contributed by atoms with E-state index in [9.17, 15) is 0 Å². The second-order valence-electron chi connectivity index (χ2n) is 3.60. The van der Waals surface area contributed by atoms with Crippen molar-refractivity contribution in [1.82, 2.24) is 4.57 Å². The van der Waals surface area contributed by atoms with Gasteiger partial charge in [0.2, 0.25) is 0 Å². The Morgan fingerprint density at radius 1 is 1.25 bits per heavy atom. The smallest absolute Gasteiger partial charge is 0.0991 e. The monoisotopic (exact) mass is 212 g/mol. The summed E-state index contributed by atoms with van der Waals surface area (Å²) in [4.78, 5) is 0. The van der Waals surface area contributed by atoms with Crippen LogP contribution in [0, 0.1) is 11.3 Å². The maximum Gasteiger partial charge on any atom is 0.0991 e. The molecule has 1 aromatic heterocycles. The molecule has 0 radical (unpaired) electrons. The van der Waals surface area contributed by atoms with Crippen LogP contribution >= 0.6 is 0 Å². The van der Waals surface area contributed by atoms with Gasteiger partial charge in [0, 0.05) is 18.4 Å². The van der Waals surface area contributed by atoms with Gasteiger partial charge in [-0.25, -0.2) is 0 Å². The highest BCUT2D eigenvalue weighted by Gasteiger charge is 2.01. The summed E-state index contributed by atoms with van der Waals surface area (Å²) in [6, 6.07) is 13.4. The fourth-order valence-corrected chi connectivity index (χ4v) is 1.68. The van der Waals surface area contributed by atoms with Crippen molar-refractivity contribution in [2.45, 2.75) is 13.2 Å². The number of aliphatic hydroxyl groups is 1. The lowest BCUT2D eigenvalue weighted by molar-refractivity contribution is 0.271. The number of aromatic nitrogens is 1. The highest BCUT2D eigenvalue weighted by atomic mass is 16.3. The molecule has 80 valence electrons. The van der Waals surface area contributed by atoms with Crippen molar-refractivity contribution in [3.8, 4) is 6.07 Å². The van der Waals surface area contributed by atoms with E-state index in [-0.39, 0.29) is 6.61 Å². The zero-order valence-corrected chi connectivity index (χ0v) is 8.80. The molecule has 0 saturated heterocycles. The number of hydrogen-bond donors (Lipinski definition) is 1. The molecule has 0 aliphatic rings. The van der Waals surface area contributed by atoms with E-state index >= 15 is 0 Å². The van der Waals surface area contributed by atoms with Gasteiger partial charge in [-0.3, -0.25) is 0 Å². The summed E-state index contributed by atoms with van der Waals surface area (Å²) in [7, 11) is 0. The number of nitrogens with zero attached hydrogens (tertiary/aromatic N) is 2. The maximum absolute atomic E-state index is 9.11. The Morgan fingerprint density at radius 3 is 2.88 bits per heavy atom. The first-order valence-corrected chi connectivity index (χ1v) is 5.07. The topological polar surface area (TPSA) is 49.0 Å². The summed E-state index contributed by atoms with van der Waals surface area (Å²) >= 11 is 0. The van der Waals surface area contributed by atoms with Crippen molar-refractivity contribution in [2.24, 2.45) is 0 Å². The van der Waals surface area contributed by atoms with Crippen molar-refractivity contribution in [1.29, 1.82) is 5.26 Å². The second-order valence-corrected chi connectivity index (χ2v) is 3.60. The molecule has 0 fully saturated rings. The van der Waals surface area contributed by atoms with Crippen molar-refractivity contribution >= 4 is 0 Å². The first kappa shape index (κ1) is 10.5. The van der Waals surface area contributed by atoms with Gasteiger partial charge in [-0.15, -0.1) is 0 Å². The van der Waals surface area contributed by atoms with Crippen LogP contribution in [0.1, 0.15) is 16.8 Å². The average molecular weight is 212 g/mol. The van der Waals surface area contributed by atoms with E-state index in [0.717, 1.165) is 11.3 Å². The van der Waals surface area contributed by atoms with Crippen LogP contribution in [0.2, 0.25) is 0 Å². The molecule has 1 heterocycles. The Labute approximate surface area is 94.2 Å². The summed E-state index contributed by atoms with van der Waals surface area (Å²) in [5.41, 5.74) is 2.60. The summed E-state index contributed by atoms with van der Waals surface area (Å²) < 4.78 is 1.97. The van der Waals surface area contributed by atoms with Gasteiger partial charge in [0.05, 0.1) is 18.2 Å². The summed E-state index contributed by atoms with van der Waals surface area (Å²) in [6.07, 6.45) is 1.92. The molecule has 0 saturated carbocycles. The van der Waals surface area contributed by atoms with Crippen LogP contribution in [0.5, 0.6) is 0 Å². The van der Waals surface area contributed by atoms with Crippen LogP contribution in [0.4, 0.5) is 0 Å². The first-order valence-electron chi connectivity index (χ1n) is 5.07. The Balaban J connectivity index is 2.24. The number of hydrogen-bond acceptors (Lipinski definition) is 2. The fourth-order valence-electron chi connectivity index (χ4n) is 1.68. The SMILES string of the molecule is N#Cc1cccc(Cn2cccc2CO)c1. The van der Waals surface area contributed by atoms with E-state index in [1.54, 1.807) is 6.07 Å². The molecular weight excluding hydrogens is 200 g/mol. The minimum Gasteiger partial charge on any atom is -0.390 e. The molecule has 0 spiro atoms. The highest BCUT2D eigenvalue weighted by molar-refractivity contribution is 5.33. The molecule has 0 atom stereocenters. The normalized spacial score (nSPS) is 10.0. The predicted octanol–water partition coefficient (Wildman–Crippen LogP) is 1.90. The third-order valence-electron chi connectivity index (χ3n) is 2.49. The Bertz CT molecular complexity index is 523. The molecule has 0 amide bonds. The Hall–Kier alpha value is -2.05. The number of benzene rings is 1. The number of rotatable bonds is 3. The maximum atomic E-state index is 9.11. The van der Waals surface area contributed by atoms with Crippen molar-refractivity contribution in [3.05, 3.63) is 59.4 Å². The molecule has 2 aromatic rings. The van der Waals surface area contributed by atoms with Crippen LogP contribution in [0.25, 0.3) is 0 Å². The molecule has 1 N–H and O–H groups in total. The molecule has 3 heteroatoms. The quantitative estimate of drug-likeness (QED) is 0.844. The molecule has 0 bridgehead atoms. The lowest BCUT2D eigenvalue weighted by Crippen LogP contribution is -2.03. The van der Waals surface area contributed by atoms with E-state index < -0.39 is 0 Å². The van der Waals surface area contributed by atoms with Crippen LogP contribution in [0.15, 0.2) is 42.6 Å². The molecule has 1 aromatic carbocycles. The third kappa shape index (κ3) is 2.13. The van der Waals surface area contributed by atoms with E-state index in [4.69, 9.17) is 10.4 Å². The van der Waals surface area contributed by atoms with Gasteiger partial charge in [-0.2, -0.15) is 5.26 Å². The van der Waals surface area contributed by atoms with Gasteiger partial charge >= 0.3 is 0 Å². The molecule has 0 aliphatic heterocycles. The van der Waals surface area contributed by atoms with Crippen molar-refractivity contribution < 1.29 is 5.11 Å². The zero-order valence-electron chi connectivity index (χ0n) is 8.80. The number of aliphatic hydroxyl groups excluding tert-OH is 1. The van der Waals surface area contributed by atoms with Crippen LogP contribution in [-0.2, 0) is 13.2 Å². The molecule has 2 rings (SSSR count). The van der Waals surface area contributed by atoms with Gasteiger partial charge in [0.1, 0.15) is 0 Å². The molecule has 3 nitrogen and oxygen atoms in total. The van der Waals surface area contributed by atoms with Crippen LogP contribution in [0.3, 0.4) is 0 Å². The minimum atomic E-state index is 0.0327. The Morgan fingerprint density at radius 2 is 2.12 bits per heavy atom. The van der Waals surface area contributed by atoms with E-state index in [1.165, 1.54) is 0 Å². The lowest BCUT2D eigenvalue weighted by atomic mass is 10.1. The van der Waals surface area contributed by atoms with Crippen molar-refractivity contribution in [2.75, 3.05) is 0 Å². The van der Waals surface area contributed by atoms with E-state index in [0.29, 0.717) is 12.1 Å². The predicted molar refractivity (Wildman–Crippen MR) is 60.6 cm³/mol. The first-order chi connectivity index (χ1) is 7.83. The number of nitriles is 1. The summed E-state index contributed by atoms with van der Waals surface area (Å²) in [5.74, 6) is 0. The molecular formula is C13H12N2O. The van der Waals surface area contributed by atoms with Crippen LogP contribution in [-0.4, -0.2) is 9.67 Å². The van der Waals surface area contributed by atoms with Crippen LogP contribution < -0.4 is 0 Å². The standard InChI is InChI=1S/C13H12N2O/c14-8-11-3-1-4-12(7-11)9-15-6-2-5-13(15)10-16/h1-7,16H,9-10H2. The van der Waals surface area contributed by atoms with Gasteiger partial charge in [0.15, 0.2) is 0 Å². The van der Waals surface area contributed by atoms with Gasteiger partial charge in [-0.1, -0.05) is 12.1 Å². The molecule has 16 heavy (non-hydrogen) atoms. The van der Waals surface area contributed by atoms with E-state index in [2.05, 4.69) is 6.07 Å². The second kappa shape index (κ2) is 4.65. The minimum absolute atomic E-state index is 0.0327. The molecule has 0 aliphatic carbocycles. The van der Waals surface area contributed by atoms with Crippen molar-refractivity contribution in [3.63, 3.8) is 0 Å². The highest BCUT2D eigenvalue weighted by Crippen LogP contribution is 2.09. The summed E-state index contributed by atoms with van der Waals surface area (Å²) in [5, 5.41) is 17.9. The largest absolute Gasteiger partial charge is 0.390 e. The van der Waals surface area contributed by atoms with Gasteiger partial charge < -0.3 is 9.67 Å². The fraction of sp³-hybridized carbons (Fsp3) is 0.154. The zero-order chi connectivity index (χ0) is 11.4. The van der Waals surface area contributed by atoms with Gasteiger partial charge in [-0.05, 0) is 29.8 Å². The Kier molecular flexibility index (Phi) is 3.04. The lowest BCUT2D eigenvalue weighted by Gasteiger charge is -2.07.